The van der Waals surface area contributed by atoms with Crippen LogP contribution in [-0.2, 0) is 14.8 Å². The highest BCUT2D eigenvalue weighted by Gasteiger charge is 2.31. The summed E-state index contributed by atoms with van der Waals surface area (Å²) in [6.07, 6.45) is -1.23. The van der Waals surface area contributed by atoms with Gasteiger partial charge in [0.1, 0.15) is 11.0 Å². The third-order valence-corrected chi connectivity index (χ3v) is 3.39. The van der Waals surface area contributed by atoms with Crippen LogP contribution in [0.5, 0.6) is 0 Å². The molecular weight excluding hydrogens is 262 g/mol. The summed E-state index contributed by atoms with van der Waals surface area (Å²) in [5.41, 5.74) is 0.220. The minimum atomic E-state index is -3.55. The van der Waals surface area contributed by atoms with Gasteiger partial charge in [0, 0.05) is 0 Å². The Morgan fingerprint density at radius 3 is 2.28 bits per heavy atom. The second-order valence-corrected chi connectivity index (χ2v) is 5.10. The van der Waals surface area contributed by atoms with E-state index >= 15 is 0 Å². The number of amides is 1. The van der Waals surface area contributed by atoms with E-state index in [2.05, 4.69) is 0 Å². The predicted octanol–water partition coefficient (Wildman–Crippen LogP) is -0.429. The number of nitrogens with one attached hydrogen (secondary N) is 1. The maximum Gasteiger partial charge on any atom is 0.332 e. The summed E-state index contributed by atoms with van der Waals surface area (Å²) in [6, 6.07) is 6.09. The molecule has 0 saturated carbocycles. The zero-order chi connectivity index (χ0) is 13.9. The summed E-state index contributed by atoms with van der Waals surface area (Å²) >= 11 is 0. The standard InChI is InChI=1S/C7H5NO3S.C3H6O3/c9-7-5-3-1-2-4-6(5)12(10,11)8-7;1-2(4)3(5)6/h1-4H,(H,8,9);2,4H,1H3,(H,5,6). The number of fused-ring (bicyclic) bond motifs is 1. The maximum atomic E-state index is 11.1. The second kappa shape index (κ2) is 5.15. The van der Waals surface area contributed by atoms with Gasteiger partial charge in [0.25, 0.3) is 15.9 Å². The lowest BCUT2D eigenvalue weighted by Gasteiger charge is -1.91. The molecule has 7 nitrogen and oxygen atoms in total. The van der Waals surface area contributed by atoms with Crippen LogP contribution in [0.15, 0.2) is 29.2 Å². The van der Waals surface area contributed by atoms with E-state index in [1.807, 2.05) is 4.72 Å². The molecule has 1 heterocycles. The molecule has 0 saturated heterocycles. The smallest absolute Gasteiger partial charge is 0.332 e. The number of rotatable bonds is 1. The number of aliphatic carboxylic acids is 1. The van der Waals surface area contributed by atoms with E-state index in [0.717, 1.165) is 0 Å². The first-order chi connectivity index (χ1) is 8.25. The van der Waals surface area contributed by atoms with Crippen LogP contribution in [0.3, 0.4) is 0 Å². The fourth-order valence-electron chi connectivity index (χ4n) is 1.12. The van der Waals surface area contributed by atoms with Gasteiger partial charge < -0.3 is 10.2 Å². The average Bonchev–Trinajstić information content (AvgIpc) is 2.51. The molecule has 0 radical (unpaired) electrons. The zero-order valence-corrected chi connectivity index (χ0v) is 10.1. The second-order valence-electron chi connectivity index (χ2n) is 3.44. The summed E-state index contributed by atoms with van der Waals surface area (Å²) in [6.45, 7) is 1.20. The Hall–Kier alpha value is -1.93. The lowest BCUT2D eigenvalue weighted by atomic mass is 10.2. The molecule has 1 aromatic rings. The molecule has 1 atom stereocenters. The molecule has 1 aliphatic heterocycles. The first-order valence-corrected chi connectivity index (χ1v) is 6.31. The molecule has 0 bridgehead atoms. The molecule has 3 N–H and O–H groups in total. The Morgan fingerprint density at radius 2 is 1.83 bits per heavy atom. The van der Waals surface area contributed by atoms with Gasteiger partial charge in [-0.15, -0.1) is 0 Å². The van der Waals surface area contributed by atoms with Gasteiger partial charge in [-0.05, 0) is 19.1 Å². The first-order valence-electron chi connectivity index (χ1n) is 4.83. The molecule has 2 rings (SSSR count). The normalized spacial score (nSPS) is 16.9. The molecule has 8 heteroatoms. The molecule has 0 fully saturated rings. The lowest BCUT2D eigenvalue weighted by Crippen LogP contribution is -2.20. The fraction of sp³-hybridized carbons (Fsp3) is 0.200. The number of hydrogen-bond donors (Lipinski definition) is 3. The Kier molecular flexibility index (Phi) is 4.04. The summed E-state index contributed by atoms with van der Waals surface area (Å²) < 4.78 is 24.2. The number of hydrogen-bond acceptors (Lipinski definition) is 5. The van der Waals surface area contributed by atoms with Gasteiger partial charge in [-0.3, -0.25) is 4.79 Å². The monoisotopic (exact) mass is 273 g/mol. The maximum absolute atomic E-state index is 11.1. The summed E-state index contributed by atoms with van der Waals surface area (Å²) in [4.78, 5) is 20.5. The van der Waals surface area contributed by atoms with E-state index in [9.17, 15) is 18.0 Å². The van der Waals surface area contributed by atoms with Crippen LogP contribution >= 0.6 is 0 Å². The highest BCUT2D eigenvalue weighted by atomic mass is 32.2. The van der Waals surface area contributed by atoms with E-state index in [0.29, 0.717) is 0 Å². The topological polar surface area (TPSA) is 121 Å². The van der Waals surface area contributed by atoms with Crippen molar-refractivity contribution in [2.75, 3.05) is 0 Å². The van der Waals surface area contributed by atoms with Crippen molar-refractivity contribution in [2.45, 2.75) is 17.9 Å². The van der Waals surface area contributed by atoms with Crippen molar-refractivity contribution in [1.82, 2.24) is 4.72 Å². The van der Waals surface area contributed by atoms with Crippen molar-refractivity contribution in [3.8, 4) is 0 Å². The molecule has 1 unspecified atom stereocenters. The van der Waals surface area contributed by atoms with Gasteiger partial charge in [-0.25, -0.2) is 17.9 Å². The van der Waals surface area contributed by atoms with E-state index < -0.39 is 28.0 Å². The number of carboxylic acid groups (broad SMARTS) is 1. The summed E-state index contributed by atoms with van der Waals surface area (Å²) in [7, 11) is -3.55. The van der Waals surface area contributed by atoms with Crippen LogP contribution in [0.25, 0.3) is 0 Å². The lowest BCUT2D eigenvalue weighted by molar-refractivity contribution is -0.145. The molecule has 0 spiro atoms. The fourth-order valence-corrected chi connectivity index (χ4v) is 2.29. The number of carbonyl (C=O) groups is 2. The molecular formula is C10H11NO6S. The highest BCUT2D eigenvalue weighted by molar-refractivity contribution is 7.90. The summed E-state index contributed by atoms with van der Waals surface area (Å²) in [5, 5.41) is 15.8. The Morgan fingerprint density at radius 1 is 1.33 bits per heavy atom. The zero-order valence-electron chi connectivity index (χ0n) is 9.32. The minimum absolute atomic E-state index is 0.0648. The van der Waals surface area contributed by atoms with Gasteiger partial charge in [0.15, 0.2) is 0 Å². The number of carbonyl (C=O) groups excluding carboxylic acids is 1. The van der Waals surface area contributed by atoms with Crippen LogP contribution in [0.2, 0.25) is 0 Å². The quantitative estimate of drug-likeness (QED) is 0.638. The molecule has 98 valence electrons. The SMILES string of the molecule is CC(O)C(=O)O.O=C1NS(=O)(=O)c2ccccc21. The van der Waals surface area contributed by atoms with E-state index in [-0.39, 0.29) is 10.5 Å². The number of aliphatic hydroxyl groups excluding tert-OH is 1. The van der Waals surface area contributed by atoms with Gasteiger partial charge in [0.2, 0.25) is 0 Å². The Labute approximate surface area is 103 Å². The van der Waals surface area contributed by atoms with Crippen LogP contribution in [0.1, 0.15) is 17.3 Å². The van der Waals surface area contributed by atoms with Crippen molar-refractivity contribution in [1.29, 1.82) is 0 Å². The first kappa shape index (κ1) is 14.1. The Bertz CT molecular complexity index is 578. The molecule has 0 aromatic heterocycles. The van der Waals surface area contributed by atoms with Crippen LogP contribution < -0.4 is 4.72 Å². The average molecular weight is 273 g/mol. The number of carboxylic acids is 1. The van der Waals surface area contributed by atoms with Crippen molar-refractivity contribution in [3.05, 3.63) is 29.8 Å². The molecule has 1 amide bonds. The van der Waals surface area contributed by atoms with E-state index in [4.69, 9.17) is 10.2 Å². The number of aliphatic hydroxyl groups is 1. The summed E-state index contributed by atoms with van der Waals surface area (Å²) in [5.74, 6) is -1.74. The van der Waals surface area contributed by atoms with Crippen molar-refractivity contribution >= 4 is 21.9 Å². The minimum Gasteiger partial charge on any atom is -0.479 e. The van der Waals surface area contributed by atoms with E-state index in [1.54, 1.807) is 12.1 Å². The largest absolute Gasteiger partial charge is 0.479 e. The van der Waals surface area contributed by atoms with Crippen molar-refractivity contribution in [3.63, 3.8) is 0 Å². The third-order valence-electron chi connectivity index (χ3n) is 2.01. The van der Waals surface area contributed by atoms with E-state index in [1.165, 1.54) is 19.1 Å². The third kappa shape index (κ3) is 3.05. The molecule has 0 aliphatic carbocycles. The molecule has 1 aromatic carbocycles. The van der Waals surface area contributed by atoms with Gasteiger partial charge >= 0.3 is 5.97 Å². The highest BCUT2D eigenvalue weighted by Crippen LogP contribution is 2.20. The van der Waals surface area contributed by atoms with Crippen molar-refractivity contribution < 1.29 is 28.2 Å². The van der Waals surface area contributed by atoms with Gasteiger partial charge in [-0.2, -0.15) is 0 Å². The van der Waals surface area contributed by atoms with Gasteiger partial charge in [0.05, 0.1) is 5.56 Å². The van der Waals surface area contributed by atoms with Gasteiger partial charge in [-0.1, -0.05) is 12.1 Å². The van der Waals surface area contributed by atoms with Crippen molar-refractivity contribution in [2.24, 2.45) is 0 Å². The van der Waals surface area contributed by atoms with Crippen LogP contribution in [0.4, 0.5) is 0 Å². The van der Waals surface area contributed by atoms with Crippen LogP contribution in [-0.4, -0.2) is 36.6 Å². The molecule has 18 heavy (non-hydrogen) atoms. The Balaban J connectivity index is 0.000000232. The number of sulfonamides is 1. The predicted molar refractivity (Wildman–Crippen MR) is 60.4 cm³/mol. The number of benzene rings is 1. The molecule has 1 aliphatic rings. The van der Waals surface area contributed by atoms with Crippen LogP contribution in [0, 0.1) is 0 Å².